The number of aromatic nitrogens is 4. The monoisotopic (exact) mass is 436 g/mol. The molecule has 3 aromatic heterocycles. The standard InChI is InChI=1S/C22H21FN6OS/c23-17-8-6-15(7-9-17)19-14-29-21(26-19)31-22(27-29)28-11-3-4-16(13-28)20(30)25-12-18-5-1-2-10-24-18/h1-2,5-10,14,16H,3-4,11-13H2,(H,25,30). The van der Waals surface area contributed by atoms with Gasteiger partial charge in [-0.05, 0) is 49.2 Å². The molecule has 1 atom stereocenters. The van der Waals surface area contributed by atoms with Gasteiger partial charge in [0.2, 0.25) is 16.0 Å². The van der Waals surface area contributed by atoms with E-state index in [1.54, 1.807) is 22.8 Å². The van der Waals surface area contributed by atoms with Crippen molar-refractivity contribution in [2.45, 2.75) is 19.4 Å². The van der Waals surface area contributed by atoms with Crippen molar-refractivity contribution in [3.63, 3.8) is 0 Å². The maximum atomic E-state index is 13.2. The summed E-state index contributed by atoms with van der Waals surface area (Å²) in [7, 11) is 0. The number of halogens is 1. The first-order valence-corrected chi connectivity index (χ1v) is 11.0. The van der Waals surface area contributed by atoms with Crippen molar-refractivity contribution in [2.24, 2.45) is 5.92 Å². The van der Waals surface area contributed by atoms with Gasteiger partial charge in [-0.2, -0.15) is 0 Å². The number of pyridine rings is 1. The zero-order valence-electron chi connectivity index (χ0n) is 16.7. The minimum absolute atomic E-state index is 0.0512. The molecular formula is C22H21FN6OS. The lowest BCUT2D eigenvalue weighted by atomic mass is 9.97. The quantitative estimate of drug-likeness (QED) is 0.518. The van der Waals surface area contributed by atoms with Crippen molar-refractivity contribution < 1.29 is 9.18 Å². The molecule has 1 saturated heterocycles. The van der Waals surface area contributed by atoms with Gasteiger partial charge in [0, 0.05) is 24.8 Å². The highest BCUT2D eigenvalue weighted by Crippen LogP contribution is 2.29. The first-order chi connectivity index (χ1) is 15.2. The SMILES string of the molecule is O=C(NCc1ccccn1)C1CCCN(c2nn3cc(-c4ccc(F)cc4)nc3s2)C1. The molecule has 5 rings (SSSR count). The van der Waals surface area contributed by atoms with Crippen LogP contribution in [-0.2, 0) is 11.3 Å². The zero-order chi connectivity index (χ0) is 21.2. The maximum absolute atomic E-state index is 13.2. The van der Waals surface area contributed by atoms with Crippen LogP contribution in [0.25, 0.3) is 16.2 Å². The number of benzene rings is 1. The summed E-state index contributed by atoms with van der Waals surface area (Å²) in [6.45, 7) is 1.94. The fraction of sp³-hybridized carbons (Fsp3) is 0.273. The third kappa shape index (κ3) is 4.27. The van der Waals surface area contributed by atoms with Gasteiger partial charge >= 0.3 is 0 Å². The van der Waals surface area contributed by atoms with E-state index in [9.17, 15) is 9.18 Å². The predicted molar refractivity (Wildman–Crippen MR) is 117 cm³/mol. The van der Waals surface area contributed by atoms with Gasteiger partial charge in [0.15, 0.2) is 0 Å². The lowest BCUT2D eigenvalue weighted by Gasteiger charge is -2.31. The fourth-order valence-corrected chi connectivity index (χ4v) is 4.68. The lowest BCUT2D eigenvalue weighted by Crippen LogP contribution is -2.43. The molecule has 1 fully saturated rings. The highest BCUT2D eigenvalue weighted by Gasteiger charge is 2.28. The summed E-state index contributed by atoms with van der Waals surface area (Å²) >= 11 is 1.50. The Bertz CT molecular complexity index is 1160. The van der Waals surface area contributed by atoms with E-state index in [1.165, 1.54) is 23.5 Å². The highest BCUT2D eigenvalue weighted by molar-refractivity contribution is 7.20. The summed E-state index contributed by atoms with van der Waals surface area (Å²) < 4.78 is 14.9. The number of piperidine rings is 1. The van der Waals surface area contributed by atoms with Crippen LogP contribution < -0.4 is 10.2 Å². The minimum Gasteiger partial charge on any atom is -0.350 e. The number of anilines is 1. The lowest BCUT2D eigenvalue weighted by molar-refractivity contribution is -0.125. The average Bonchev–Trinajstić information content (AvgIpc) is 3.38. The number of nitrogens with one attached hydrogen (secondary N) is 1. The van der Waals surface area contributed by atoms with Gasteiger partial charge in [-0.1, -0.05) is 17.4 Å². The van der Waals surface area contributed by atoms with Gasteiger partial charge in [-0.3, -0.25) is 9.78 Å². The molecule has 0 radical (unpaired) electrons. The minimum atomic E-state index is -0.270. The summed E-state index contributed by atoms with van der Waals surface area (Å²) in [6, 6.07) is 11.9. The molecule has 4 aromatic rings. The Morgan fingerprint density at radius 1 is 1.23 bits per heavy atom. The van der Waals surface area contributed by atoms with Gasteiger partial charge in [-0.15, -0.1) is 5.10 Å². The number of fused-ring (bicyclic) bond motifs is 1. The first-order valence-electron chi connectivity index (χ1n) is 10.2. The van der Waals surface area contributed by atoms with E-state index in [0.29, 0.717) is 13.1 Å². The third-order valence-electron chi connectivity index (χ3n) is 5.41. The normalized spacial score (nSPS) is 16.5. The number of imidazole rings is 1. The van der Waals surface area contributed by atoms with Crippen LogP contribution >= 0.6 is 11.3 Å². The Morgan fingerprint density at radius 2 is 2.10 bits per heavy atom. The number of hydrogen-bond donors (Lipinski definition) is 1. The molecule has 0 spiro atoms. The van der Waals surface area contributed by atoms with Crippen LogP contribution in [0.1, 0.15) is 18.5 Å². The second kappa shape index (κ2) is 8.43. The van der Waals surface area contributed by atoms with Crippen molar-refractivity contribution in [3.05, 3.63) is 66.4 Å². The largest absolute Gasteiger partial charge is 0.350 e. The second-order valence-electron chi connectivity index (χ2n) is 7.57. The van der Waals surface area contributed by atoms with Crippen molar-refractivity contribution in [3.8, 4) is 11.3 Å². The molecule has 0 saturated carbocycles. The molecule has 1 aliphatic heterocycles. The molecule has 0 bridgehead atoms. The van der Waals surface area contributed by atoms with Gasteiger partial charge in [0.05, 0.1) is 30.0 Å². The molecule has 4 heterocycles. The Balaban J connectivity index is 1.25. The van der Waals surface area contributed by atoms with Gasteiger partial charge in [-0.25, -0.2) is 13.9 Å². The van der Waals surface area contributed by atoms with Crippen LogP contribution in [-0.4, -0.2) is 38.6 Å². The summed E-state index contributed by atoms with van der Waals surface area (Å²) in [5, 5.41) is 8.53. The Kier molecular flexibility index (Phi) is 5.33. The molecule has 7 nitrogen and oxygen atoms in total. The van der Waals surface area contributed by atoms with E-state index >= 15 is 0 Å². The van der Waals surface area contributed by atoms with Gasteiger partial charge < -0.3 is 10.2 Å². The number of carbonyl (C=O) groups excluding carboxylic acids is 1. The number of rotatable bonds is 5. The van der Waals surface area contributed by atoms with Crippen LogP contribution in [0, 0.1) is 11.7 Å². The van der Waals surface area contributed by atoms with E-state index in [2.05, 4.69) is 25.3 Å². The number of hydrogen-bond acceptors (Lipinski definition) is 6. The van der Waals surface area contributed by atoms with E-state index < -0.39 is 0 Å². The molecule has 0 aliphatic carbocycles. The second-order valence-corrected chi connectivity index (χ2v) is 8.50. The molecule has 1 N–H and O–H groups in total. The number of amides is 1. The van der Waals surface area contributed by atoms with Crippen LogP contribution in [0.3, 0.4) is 0 Å². The van der Waals surface area contributed by atoms with Crippen LogP contribution in [0.4, 0.5) is 9.52 Å². The number of nitrogens with zero attached hydrogens (tertiary/aromatic N) is 5. The highest BCUT2D eigenvalue weighted by atomic mass is 32.1. The van der Waals surface area contributed by atoms with Crippen molar-refractivity contribution in [1.82, 2.24) is 24.9 Å². The molecule has 1 aromatic carbocycles. The zero-order valence-corrected chi connectivity index (χ0v) is 17.6. The molecule has 1 amide bonds. The van der Waals surface area contributed by atoms with E-state index in [0.717, 1.165) is 46.4 Å². The number of carbonyl (C=O) groups is 1. The average molecular weight is 437 g/mol. The predicted octanol–water partition coefficient (Wildman–Crippen LogP) is 3.52. The molecule has 31 heavy (non-hydrogen) atoms. The molecule has 9 heteroatoms. The van der Waals surface area contributed by atoms with E-state index in [4.69, 9.17) is 0 Å². The van der Waals surface area contributed by atoms with E-state index in [1.807, 2.05) is 24.4 Å². The molecule has 1 unspecified atom stereocenters. The van der Waals surface area contributed by atoms with Crippen LogP contribution in [0.15, 0.2) is 54.9 Å². The summed E-state index contributed by atoms with van der Waals surface area (Å²) in [4.78, 5) is 24.5. The topological polar surface area (TPSA) is 75.4 Å². The maximum Gasteiger partial charge on any atom is 0.225 e. The van der Waals surface area contributed by atoms with Gasteiger partial charge in [0.1, 0.15) is 5.82 Å². The Hall–Kier alpha value is -3.33. The summed E-state index contributed by atoms with van der Waals surface area (Å²) in [5.41, 5.74) is 2.46. The van der Waals surface area contributed by atoms with Crippen molar-refractivity contribution in [1.29, 1.82) is 0 Å². The van der Waals surface area contributed by atoms with Crippen molar-refractivity contribution in [2.75, 3.05) is 18.0 Å². The van der Waals surface area contributed by atoms with Crippen LogP contribution in [0.5, 0.6) is 0 Å². The fourth-order valence-electron chi connectivity index (χ4n) is 3.77. The third-order valence-corrected chi connectivity index (χ3v) is 6.39. The first kappa shape index (κ1) is 19.6. The van der Waals surface area contributed by atoms with Crippen molar-refractivity contribution >= 4 is 27.3 Å². The van der Waals surface area contributed by atoms with Crippen LogP contribution in [0.2, 0.25) is 0 Å². The Labute approximate surface area is 182 Å². The Morgan fingerprint density at radius 3 is 2.87 bits per heavy atom. The molecule has 1 aliphatic rings. The van der Waals surface area contributed by atoms with Gasteiger partial charge in [0.25, 0.3) is 0 Å². The molecular weight excluding hydrogens is 415 g/mol. The van der Waals surface area contributed by atoms with E-state index in [-0.39, 0.29) is 17.6 Å². The summed E-state index contributed by atoms with van der Waals surface area (Å²) in [6.07, 6.45) is 5.37. The summed E-state index contributed by atoms with van der Waals surface area (Å²) in [5.74, 6) is -0.298. The molecule has 158 valence electrons. The smallest absolute Gasteiger partial charge is 0.225 e.